The van der Waals surface area contributed by atoms with E-state index in [4.69, 9.17) is 23.2 Å². The molecule has 0 saturated carbocycles. The van der Waals surface area contributed by atoms with E-state index in [-0.39, 0.29) is 41.9 Å². The lowest BCUT2D eigenvalue weighted by atomic mass is 9.79. The average Bonchev–Trinajstić information content (AvgIpc) is 2.99. The number of piperidine rings is 1. The molecule has 13 heteroatoms. The number of hydrogen-bond acceptors (Lipinski definition) is 3. The Labute approximate surface area is 273 Å². The van der Waals surface area contributed by atoms with Crippen LogP contribution in [0.4, 0.5) is 26.3 Å². The summed E-state index contributed by atoms with van der Waals surface area (Å²) >= 11 is 12.4. The number of carbonyl (C=O) groups excluding carboxylic acids is 2. The molecule has 2 unspecified atom stereocenters. The molecule has 1 aliphatic heterocycles. The maximum absolute atomic E-state index is 13.7. The SMILES string of the molecule is CC(=O)NC1(c2ccccc2)CCN(C(Cc2cc(C(F)(F)F)cc(C(F)(F)F)c2)CC(CNC=O)c2ccc(Cl)c(Cl)c2)CC1. The summed E-state index contributed by atoms with van der Waals surface area (Å²) < 4.78 is 82.5. The summed E-state index contributed by atoms with van der Waals surface area (Å²) in [6, 6.07) is 15.4. The monoisotopic (exact) mass is 687 g/mol. The first-order chi connectivity index (χ1) is 21.6. The van der Waals surface area contributed by atoms with E-state index in [9.17, 15) is 35.9 Å². The van der Waals surface area contributed by atoms with Crippen LogP contribution in [-0.2, 0) is 33.9 Å². The van der Waals surface area contributed by atoms with Crippen LogP contribution in [-0.4, -0.2) is 42.9 Å². The zero-order chi connectivity index (χ0) is 33.7. The lowest BCUT2D eigenvalue weighted by Crippen LogP contribution is -2.55. The van der Waals surface area contributed by atoms with Crippen LogP contribution in [0.5, 0.6) is 0 Å². The van der Waals surface area contributed by atoms with E-state index >= 15 is 0 Å². The van der Waals surface area contributed by atoms with Crippen molar-refractivity contribution in [2.45, 2.75) is 62.5 Å². The van der Waals surface area contributed by atoms with E-state index in [1.807, 2.05) is 35.2 Å². The Hall–Kier alpha value is -3.28. The van der Waals surface area contributed by atoms with Gasteiger partial charge in [-0.1, -0.05) is 59.6 Å². The molecular formula is C33H33Cl2F6N3O2. The van der Waals surface area contributed by atoms with Crippen LogP contribution in [0.3, 0.4) is 0 Å². The van der Waals surface area contributed by atoms with Crippen LogP contribution in [0.25, 0.3) is 0 Å². The van der Waals surface area contributed by atoms with Crippen LogP contribution in [0.2, 0.25) is 10.0 Å². The van der Waals surface area contributed by atoms with Crippen molar-refractivity contribution in [3.63, 3.8) is 0 Å². The molecule has 1 heterocycles. The molecule has 2 amide bonds. The van der Waals surface area contributed by atoms with E-state index in [0.29, 0.717) is 42.9 Å². The summed E-state index contributed by atoms with van der Waals surface area (Å²) in [6.45, 7) is 2.34. The van der Waals surface area contributed by atoms with Gasteiger partial charge >= 0.3 is 12.4 Å². The van der Waals surface area contributed by atoms with Crippen molar-refractivity contribution in [3.8, 4) is 0 Å². The number of nitrogens with zero attached hydrogens (tertiary/aromatic N) is 1. The van der Waals surface area contributed by atoms with Gasteiger partial charge in [0, 0.05) is 38.5 Å². The highest BCUT2D eigenvalue weighted by Crippen LogP contribution is 2.39. The number of benzene rings is 3. The quantitative estimate of drug-likeness (QED) is 0.159. The highest BCUT2D eigenvalue weighted by molar-refractivity contribution is 6.42. The fourth-order valence-corrected chi connectivity index (χ4v) is 6.55. The molecule has 2 N–H and O–H groups in total. The molecule has 1 aliphatic rings. The van der Waals surface area contributed by atoms with E-state index in [0.717, 1.165) is 17.7 Å². The number of likely N-dealkylation sites (tertiary alicyclic amines) is 1. The number of rotatable bonds is 11. The lowest BCUT2D eigenvalue weighted by Gasteiger charge is -2.46. The van der Waals surface area contributed by atoms with E-state index in [1.54, 1.807) is 18.2 Å². The Balaban J connectivity index is 1.73. The zero-order valence-electron chi connectivity index (χ0n) is 24.8. The highest BCUT2D eigenvalue weighted by atomic mass is 35.5. The standard InChI is InChI=1S/C33H33Cl2F6N3O2/c1-21(46)43-31(25-5-3-2-4-6-25)9-11-44(12-10-31)28(16-24(19-42-20-45)23-7-8-29(34)30(35)17-23)15-22-13-26(32(36,37)38)18-27(14-22)33(39,40)41/h2-8,13-14,17-18,20,24,28H,9-12,15-16,19H2,1H3,(H,42,45)(H,43,46). The van der Waals surface area contributed by atoms with Gasteiger partial charge < -0.3 is 10.6 Å². The molecule has 0 aromatic heterocycles. The molecule has 4 rings (SSSR count). The molecule has 1 saturated heterocycles. The largest absolute Gasteiger partial charge is 0.416 e. The predicted octanol–water partition coefficient (Wildman–Crippen LogP) is 7.99. The van der Waals surface area contributed by atoms with E-state index in [1.165, 1.54) is 6.92 Å². The third-order valence-corrected chi connectivity index (χ3v) is 9.19. The molecule has 5 nitrogen and oxygen atoms in total. The molecule has 248 valence electrons. The summed E-state index contributed by atoms with van der Waals surface area (Å²) in [4.78, 5) is 25.6. The van der Waals surface area contributed by atoms with Crippen LogP contribution in [0.1, 0.15) is 59.9 Å². The Bertz CT molecular complexity index is 1480. The van der Waals surface area contributed by atoms with Gasteiger partial charge in [-0.15, -0.1) is 0 Å². The van der Waals surface area contributed by atoms with Crippen LogP contribution >= 0.6 is 23.2 Å². The fraction of sp³-hybridized carbons (Fsp3) is 0.394. The lowest BCUT2D eigenvalue weighted by molar-refractivity contribution is -0.143. The van der Waals surface area contributed by atoms with Gasteiger partial charge in [0.15, 0.2) is 0 Å². The highest BCUT2D eigenvalue weighted by Gasteiger charge is 2.40. The van der Waals surface area contributed by atoms with Crippen molar-refractivity contribution in [2.75, 3.05) is 19.6 Å². The van der Waals surface area contributed by atoms with Crippen molar-refractivity contribution in [1.29, 1.82) is 0 Å². The van der Waals surface area contributed by atoms with Gasteiger partial charge in [0.2, 0.25) is 12.3 Å². The minimum atomic E-state index is -4.99. The predicted molar refractivity (Wildman–Crippen MR) is 165 cm³/mol. The first kappa shape index (κ1) is 35.6. The molecular weight excluding hydrogens is 655 g/mol. The smallest absolute Gasteiger partial charge is 0.358 e. The summed E-state index contributed by atoms with van der Waals surface area (Å²) in [5, 5.41) is 6.30. The maximum Gasteiger partial charge on any atom is 0.416 e. The maximum atomic E-state index is 13.7. The van der Waals surface area contributed by atoms with Crippen molar-refractivity contribution >= 4 is 35.5 Å². The number of carbonyl (C=O) groups is 2. The Kier molecular flexibility index (Phi) is 11.3. The fourth-order valence-electron chi connectivity index (χ4n) is 6.24. The molecule has 3 aromatic rings. The van der Waals surface area contributed by atoms with Gasteiger partial charge in [0.05, 0.1) is 26.7 Å². The minimum absolute atomic E-state index is 0.119. The second kappa shape index (κ2) is 14.6. The molecule has 3 aromatic carbocycles. The van der Waals surface area contributed by atoms with Gasteiger partial charge in [-0.2, -0.15) is 26.3 Å². The van der Waals surface area contributed by atoms with Crippen molar-refractivity contribution < 1.29 is 35.9 Å². The van der Waals surface area contributed by atoms with Crippen molar-refractivity contribution in [2.24, 2.45) is 0 Å². The first-order valence-electron chi connectivity index (χ1n) is 14.6. The van der Waals surface area contributed by atoms with Crippen molar-refractivity contribution in [3.05, 3.63) is 105 Å². The van der Waals surface area contributed by atoms with Gasteiger partial charge in [0.25, 0.3) is 0 Å². The van der Waals surface area contributed by atoms with Crippen LogP contribution < -0.4 is 10.6 Å². The summed E-state index contributed by atoms with van der Waals surface area (Å²) in [5.41, 5.74) is -1.99. The Morgan fingerprint density at radius 1 is 0.913 bits per heavy atom. The summed E-state index contributed by atoms with van der Waals surface area (Å²) in [7, 11) is 0. The molecule has 1 fully saturated rings. The molecule has 0 spiro atoms. The van der Waals surface area contributed by atoms with Gasteiger partial charge in [-0.05, 0) is 72.7 Å². The number of hydrogen-bond donors (Lipinski definition) is 2. The van der Waals surface area contributed by atoms with Gasteiger partial charge in [-0.3, -0.25) is 14.5 Å². The average molecular weight is 689 g/mol. The van der Waals surface area contributed by atoms with E-state index in [2.05, 4.69) is 10.6 Å². The normalized spacial score (nSPS) is 16.8. The van der Waals surface area contributed by atoms with Gasteiger partial charge in [-0.25, -0.2) is 0 Å². The first-order valence-corrected chi connectivity index (χ1v) is 15.4. The zero-order valence-corrected chi connectivity index (χ0v) is 26.3. The molecule has 46 heavy (non-hydrogen) atoms. The number of amides is 2. The Morgan fingerprint density at radius 3 is 2.04 bits per heavy atom. The second-order valence-electron chi connectivity index (χ2n) is 11.6. The number of nitrogens with one attached hydrogen (secondary N) is 2. The summed E-state index contributed by atoms with van der Waals surface area (Å²) in [5.74, 6) is -0.633. The van der Waals surface area contributed by atoms with Crippen molar-refractivity contribution in [1.82, 2.24) is 15.5 Å². The third kappa shape index (κ3) is 8.95. The van der Waals surface area contributed by atoms with Crippen LogP contribution in [0, 0.1) is 0 Å². The minimum Gasteiger partial charge on any atom is -0.358 e. The van der Waals surface area contributed by atoms with Crippen LogP contribution in [0.15, 0.2) is 66.7 Å². The molecule has 2 atom stereocenters. The molecule has 0 radical (unpaired) electrons. The molecule has 0 bridgehead atoms. The summed E-state index contributed by atoms with van der Waals surface area (Å²) in [6.07, 6.45) is -8.42. The number of alkyl halides is 6. The second-order valence-corrected chi connectivity index (χ2v) is 12.4. The topological polar surface area (TPSA) is 61.4 Å². The van der Waals surface area contributed by atoms with Gasteiger partial charge in [0.1, 0.15) is 0 Å². The Morgan fingerprint density at radius 2 is 1.52 bits per heavy atom. The molecule has 0 aliphatic carbocycles. The van der Waals surface area contributed by atoms with E-state index < -0.39 is 41.0 Å². The third-order valence-electron chi connectivity index (χ3n) is 8.45. The number of halogens is 8.